The third kappa shape index (κ3) is 2.79. The smallest absolute Gasteiger partial charge is 0.335 e. The lowest BCUT2D eigenvalue weighted by Crippen LogP contribution is -2.10. The van der Waals surface area contributed by atoms with E-state index in [2.05, 4.69) is 17.7 Å². The van der Waals surface area contributed by atoms with Crippen LogP contribution in [-0.4, -0.2) is 32.6 Å². The second kappa shape index (κ2) is 5.72. The van der Waals surface area contributed by atoms with Crippen LogP contribution in [-0.2, 0) is 0 Å². The number of rotatable bonds is 6. The number of aromatic carboxylic acids is 1. The average Bonchev–Trinajstić information content (AvgIpc) is 3.24. The zero-order valence-electron chi connectivity index (χ0n) is 12.4. The summed E-state index contributed by atoms with van der Waals surface area (Å²) in [7, 11) is 0. The van der Waals surface area contributed by atoms with Crippen LogP contribution in [0.15, 0.2) is 18.2 Å². The van der Waals surface area contributed by atoms with Crippen LogP contribution in [0.4, 0.5) is 0 Å². The van der Waals surface area contributed by atoms with E-state index < -0.39 is 5.97 Å². The lowest BCUT2D eigenvalue weighted by atomic mass is 10.2. The molecule has 5 heteroatoms. The highest BCUT2D eigenvalue weighted by Crippen LogP contribution is 2.42. The molecule has 1 heterocycles. The molecule has 112 valence electrons. The van der Waals surface area contributed by atoms with Gasteiger partial charge in [0.15, 0.2) is 0 Å². The summed E-state index contributed by atoms with van der Waals surface area (Å²) in [5, 5.41) is 9.21. The number of carboxylic acid groups (broad SMARTS) is 1. The number of thioether (sulfide) groups is 1. The summed E-state index contributed by atoms with van der Waals surface area (Å²) >= 11 is 1.84. The van der Waals surface area contributed by atoms with Crippen molar-refractivity contribution in [3.8, 4) is 0 Å². The molecule has 1 atom stereocenters. The fraction of sp³-hybridized carbons (Fsp3) is 0.500. The van der Waals surface area contributed by atoms with E-state index >= 15 is 0 Å². The van der Waals surface area contributed by atoms with Gasteiger partial charge in [-0.25, -0.2) is 9.78 Å². The van der Waals surface area contributed by atoms with Crippen LogP contribution in [0.2, 0.25) is 0 Å². The third-order valence-electron chi connectivity index (χ3n) is 4.09. The molecule has 0 bridgehead atoms. The molecule has 1 fully saturated rings. The van der Waals surface area contributed by atoms with Crippen molar-refractivity contribution >= 4 is 28.8 Å². The number of benzene rings is 1. The van der Waals surface area contributed by atoms with E-state index in [-0.39, 0.29) is 0 Å². The lowest BCUT2D eigenvalue weighted by Gasteiger charge is -2.17. The predicted molar refractivity (Wildman–Crippen MR) is 86.4 cm³/mol. The van der Waals surface area contributed by atoms with E-state index in [0.29, 0.717) is 17.5 Å². The number of carbonyl (C=O) groups is 1. The second-order valence-electron chi connectivity index (χ2n) is 5.75. The van der Waals surface area contributed by atoms with Crippen molar-refractivity contribution in [1.29, 1.82) is 0 Å². The maximum Gasteiger partial charge on any atom is 0.335 e. The molecule has 1 saturated carbocycles. The lowest BCUT2D eigenvalue weighted by molar-refractivity contribution is 0.0697. The summed E-state index contributed by atoms with van der Waals surface area (Å²) in [6, 6.07) is 5.60. The van der Waals surface area contributed by atoms with Gasteiger partial charge in [0.2, 0.25) is 0 Å². The summed E-state index contributed by atoms with van der Waals surface area (Å²) in [6.45, 7) is 2.21. The Balaban J connectivity index is 2.09. The minimum atomic E-state index is -0.880. The molecule has 0 radical (unpaired) electrons. The zero-order chi connectivity index (χ0) is 15.0. The molecule has 1 aromatic carbocycles. The number of hydrogen-bond donors (Lipinski definition) is 1. The van der Waals surface area contributed by atoms with E-state index in [9.17, 15) is 9.90 Å². The average molecular weight is 304 g/mol. The summed E-state index contributed by atoms with van der Waals surface area (Å²) < 4.78 is 2.27. The molecule has 3 rings (SSSR count). The van der Waals surface area contributed by atoms with E-state index in [1.807, 2.05) is 17.8 Å². The first kappa shape index (κ1) is 14.4. The quantitative estimate of drug-likeness (QED) is 0.878. The maximum absolute atomic E-state index is 11.2. The standard InChI is InChI=1S/C16H20N2O2S/c1-10(7-8-21-2)18-14-9-12(16(19)20)5-6-13(14)17-15(18)11-3-4-11/h5-6,9-11H,3-4,7-8H2,1-2H3,(H,19,20). The van der Waals surface area contributed by atoms with Gasteiger partial charge < -0.3 is 9.67 Å². The van der Waals surface area contributed by atoms with Crippen LogP contribution < -0.4 is 0 Å². The summed E-state index contributed by atoms with van der Waals surface area (Å²) in [4.78, 5) is 16.0. The van der Waals surface area contributed by atoms with Crippen molar-refractivity contribution in [2.24, 2.45) is 0 Å². The zero-order valence-corrected chi connectivity index (χ0v) is 13.2. The van der Waals surface area contributed by atoms with Crippen LogP contribution >= 0.6 is 11.8 Å². The number of nitrogens with zero attached hydrogens (tertiary/aromatic N) is 2. The van der Waals surface area contributed by atoms with Crippen LogP contribution in [0.5, 0.6) is 0 Å². The number of hydrogen-bond acceptors (Lipinski definition) is 3. The van der Waals surface area contributed by atoms with Gasteiger partial charge in [0.05, 0.1) is 16.6 Å². The molecular formula is C16H20N2O2S. The van der Waals surface area contributed by atoms with Crippen LogP contribution in [0.1, 0.15) is 54.3 Å². The fourth-order valence-corrected chi connectivity index (χ4v) is 3.33. The topological polar surface area (TPSA) is 55.1 Å². The van der Waals surface area contributed by atoms with E-state index in [1.54, 1.807) is 12.1 Å². The molecule has 0 amide bonds. The molecular weight excluding hydrogens is 284 g/mol. The van der Waals surface area contributed by atoms with Gasteiger partial charge in [0.1, 0.15) is 5.82 Å². The number of imidazole rings is 1. The van der Waals surface area contributed by atoms with E-state index in [0.717, 1.165) is 29.0 Å². The van der Waals surface area contributed by atoms with Gasteiger partial charge in [-0.1, -0.05) is 0 Å². The highest BCUT2D eigenvalue weighted by Gasteiger charge is 2.31. The van der Waals surface area contributed by atoms with Gasteiger partial charge in [-0.3, -0.25) is 0 Å². The molecule has 0 spiro atoms. The molecule has 1 aromatic heterocycles. The van der Waals surface area contributed by atoms with Crippen LogP contribution in [0.3, 0.4) is 0 Å². The number of fused-ring (bicyclic) bond motifs is 1. The fourth-order valence-electron chi connectivity index (χ4n) is 2.75. The molecule has 21 heavy (non-hydrogen) atoms. The first-order valence-electron chi connectivity index (χ1n) is 7.36. The molecule has 4 nitrogen and oxygen atoms in total. The maximum atomic E-state index is 11.2. The predicted octanol–water partition coefficient (Wildman–Crippen LogP) is 3.93. The van der Waals surface area contributed by atoms with E-state index in [1.165, 1.54) is 12.8 Å². The molecule has 1 N–H and O–H groups in total. The Morgan fingerprint density at radius 3 is 2.90 bits per heavy atom. The van der Waals surface area contributed by atoms with Crippen molar-refractivity contribution in [3.05, 3.63) is 29.6 Å². The van der Waals surface area contributed by atoms with Crippen molar-refractivity contribution in [2.75, 3.05) is 12.0 Å². The molecule has 1 aliphatic rings. The summed E-state index contributed by atoms with van der Waals surface area (Å²) in [5.41, 5.74) is 2.21. The minimum absolute atomic E-state index is 0.336. The van der Waals surface area contributed by atoms with Gasteiger partial charge in [-0.2, -0.15) is 11.8 Å². The Kier molecular flexibility index (Phi) is 3.93. The third-order valence-corrected chi connectivity index (χ3v) is 4.73. The Morgan fingerprint density at radius 1 is 1.52 bits per heavy atom. The van der Waals surface area contributed by atoms with Crippen molar-refractivity contribution in [3.63, 3.8) is 0 Å². The molecule has 0 aliphatic heterocycles. The number of aromatic nitrogens is 2. The monoisotopic (exact) mass is 304 g/mol. The van der Waals surface area contributed by atoms with Crippen LogP contribution in [0.25, 0.3) is 11.0 Å². The summed E-state index contributed by atoms with van der Waals surface area (Å²) in [6.07, 6.45) is 5.58. The van der Waals surface area contributed by atoms with Gasteiger partial charge in [0, 0.05) is 12.0 Å². The van der Waals surface area contributed by atoms with Crippen LogP contribution in [0, 0.1) is 0 Å². The first-order valence-corrected chi connectivity index (χ1v) is 8.75. The van der Waals surface area contributed by atoms with Gasteiger partial charge in [-0.05, 0) is 56.4 Å². The molecule has 1 unspecified atom stereocenters. The molecule has 2 aromatic rings. The van der Waals surface area contributed by atoms with Gasteiger partial charge in [0.25, 0.3) is 0 Å². The highest BCUT2D eigenvalue weighted by molar-refractivity contribution is 7.98. The minimum Gasteiger partial charge on any atom is -0.478 e. The largest absolute Gasteiger partial charge is 0.478 e. The van der Waals surface area contributed by atoms with E-state index in [4.69, 9.17) is 4.98 Å². The second-order valence-corrected chi connectivity index (χ2v) is 6.74. The molecule has 1 aliphatic carbocycles. The van der Waals surface area contributed by atoms with Crippen molar-refractivity contribution in [1.82, 2.24) is 9.55 Å². The summed E-state index contributed by atoms with van der Waals surface area (Å²) in [5.74, 6) is 1.92. The Hall–Kier alpha value is -1.49. The molecule has 0 saturated heterocycles. The normalized spacial score (nSPS) is 16.3. The van der Waals surface area contributed by atoms with Crippen molar-refractivity contribution in [2.45, 2.75) is 38.1 Å². The Labute approximate surface area is 128 Å². The SMILES string of the molecule is CSCCC(C)n1c(C2CC2)nc2ccc(C(=O)O)cc21. The highest BCUT2D eigenvalue weighted by atomic mass is 32.2. The first-order chi connectivity index (χ1) is 10.1. The number of carboxylic acids is 1. The Morgan fingerprint density at radius 2 is 2.29 bits per heavy atom. The van der Waals surface area contributed by atoms with Crippen molar-refractivity contribution < 1.29 is 9.90 Å². The Bertz CT molecular complexity index is 676. The van der Waals surface area contributed by atoms with Gasteiger partial charge >= 0.3 is 5.97 Å². The van der Waals surface area contributed by atoms with Gasteiger partial charge in [-0.15, -0.1) is 0 Å².